The maximum absolute atomic E-state index is 11.7. The van der Waals surface area contributed by atoms with E-state index in [4.69, 9.17) is 44.9 Å². The minimum Gasteiger partial charge on any atom is -0.463 e. The van der Waals surface area contributed by atoms with E-state index in [-0.39, 0.29) is 24.6 Å². The van der Waals surface area contributed by atoms with Gasteiger partial charge in [-0.05, 0) is 30.4 Å². The van der Waals surface area contributed by atoms with Crippen molar-refractivity contribution in [3.63, 3.8) is 0 Å². The predicted molar refractivity (Wildman–Crippen MR) is 92.9 cm³/mol. The molecule has 1 aromatic rings. The first-order valence-corrected chi connectivity index (χ1v) is 7.79. The Kier molecular flexibility index (Phi) is 8.86. The Morgan fingerprint density at radius 1 is 1.17 bits per heavy atom. The van der Waals surface area contributed by atoms with Gasteiger partial charge in [-0.25, -0.2) is 0 Å². The van der Waals surface area contributed by atoms with Crippen LogP contribution in [0.1, 0.15) is 12.8 Å². The van der Waals surface area contributed by atoms with E-state index in [1.165, 1.54) is 7.11 Å². The molecule has 0 heterocycles. The van der Waals surface area contributed by atoms with E-state index in [1.54, 1.807) is 18.2 Å². The average Bonchev–Trinajstić information content (AvgIpc) is 2.49. The van der Waals surface area contributed by atoms with E-state index < -0.39 is 11.9 Å². The van der Waals surface area contributed by atoms with Gasteiger partial charge in [-0.15, -0.1) is 0 Å². The van der Waals surface area contributed by atoms with Crippen LogP contribution in [-0.2, 0) is 19.1 Å². The number of carbonyl (C=O) groups excluding carboxylic acids is 2. The zero-order valence-corrected chi connectivity index (χ0v) is 14.7. The van der Waals surface area contributed by atoms with Crippen LogP contribution in [0.4, 0.5) is 5.69 Å². The first-order chi connectivity index (χ1) is 10.9. The van der Waals surface area contributed by atoms with Gasteiger partial charge in [0, 0.05) is 19.2 Å². The summed E-state index contributed by atoms with van der Waals surface area (Å²) in [7, 11) is 1.50. The lowest BCUT2D eigenvalue weighted by atomic mass is 10.3. The highest BCUT2D eigenvalue weighted by atomic mass is 35.5. The van der Waals surface area contributed by atoms with Gasteiger partial charge in [0.15, 0.2) is 5.11 Å². The summed E-state index contributed by atoms with van der Waals surface area (Å²) in [4.78, 5) is 23.0. The van der Waals surface area contributed by atoms with E-state index in [2.05, 4.69) is 10.6 Å². The molecule has 0 bridgehead atoms. The molecule has 0 spiro atoms. The van der Waals surface area contributed by atoms with E-state index in [1.807, 2.05) is 0 Å². The Hall–Kier alpha value is -1.41. The smallest absolute Gasteiger partial charge is 0.306 e. The summed E-state index contributed by atoms with van der Waals surface area (Å²) in [6.07, 6.45) is -0.0695. The number of esters is 1. The van der Waals surface area contributed by atoms with Crippen molar-refractivity contribution in [2.45, 2.75) is 12.8 Å². The fourth-order valence-electron chi connectivity index (χ4n) is 1.45. The molecule has 0 aliphatic rings. The summed E-state index contributed by atoms with van der Waals surface area (Å²) in [6, 6.07) is 4.85. The van der Waals surface area contributed by atoms with Crippen molar-refractivity contribution in [1.82, 2.24) is 5.32 Å². The Morgan fingerprint density at radius 2 is 1.91 bits per heavy atom. The molecule has 0 fully saturated rings. The van der Waals surface area contributed by atoms with Crippen molar-refractivity contribution in [1.29, 1.82) is 0 Å². The number of thiocarbonyl (C=S) groups is 1. The standard InChI is InChI=1S/C14H16Cl2N2O4S/c1-21-6-7-22-13(20)5-4-12(19)18-14(23)17-9-2-3-10(15)11(16)8-9/h2-3,8H,4-7H2,1H3,(H2,17,18,19,23). The van der Waals surface area contributed by atoms with Crippen LogP contribution in [0.5, 0.6) is 0 Å². The molecular formula is C14H16Cl2N2O4S. The molecule has 1 amide bonds. The Labute approximate surface area is 149 Å². The molecule has 0 aromatic heterocycles. The number of rotatable bonds is 7. The van der Waals surface area contributed by atoms with Crippen molar-refractivity contribution in [3.8, 4) is 0 Å². The Balaban J connectivity index is 2.32. The molecule has 0 unspecified atom stereocenters. The molecule has 6 nitrogen and oxygen atoms in total. The van der Waals surface area contributed by atoms with E-state index in [0.29, 0.717) is 22.3 Å². The third-order valence-electron chi connectivity index (χ3n) is 2.54. The van der Waals surface area contributed by atoms with Crippen molar-refractivity contribution in [2.75, 3.05) is 25.6 Å². The number of anilines is 1. The fourth-order valence-corrected chi connectivity index (χ4v) is 1.98. The number of amides is 1. The molecule has 126 valence electrons. The molecule has 0 saturated carbocycles. The Morgan fingerprint density at radius 3 is 2.57 bits per heavy atom. The van der Waals surface area contributed by atoms with Gasteiger partial charge in [-0.1, -0.05) is 23.2 Å². The second-order valence-corrected chi connectivity index (χ2v) is 5.57. The third kappa shape index (κ3) is 8.13. The molecule has 0 aliphatic carbocycles. The molecule has 0 atom stereocenters. The van der Waals surface area contributed by atoms with Crippen LogP contribution in [0.2, 0.25) is 10.0 Å². The monoisotopic (exact) mass is 378 g/mol. The predicted octanol–water partition coefficient (Wildman–Crippen LogP) is 2.78. The zero-order chi connectivity index (χ0) is 17.2. The topological polar surface area (TPSA) is 76.7 Å². The minimum absolute atomic E-state index is 0.0327. The molecule has 0 radical (unpaired) electrons. The number of methoxy groups -OCH3 is 1. The minimum atomic E-state index is -0.472. The highest BCUT2D eigenvalue weighted by Gasteiger charge is 2.10. The van der Waals surface area contributed by atoms with E-state index >= 15 is 0 Å². The van der Waals surface area contributed by atoms with E-state index in [0.717, 1.165) is 0 Å². The molecule has 0 saturated heterocycles. The lowest BCUT2D eigenvalue weighted by molar-refractivity contribution is -0.146. The Bertz CT molecular complexity index is 584. The first-order valence-electron chi connectivity index (χ1n) is 6.63. The highest BCUT2D eigenvalue weighted by molar-refractivity contribution is 7.80. The summed E-state index contributed by atoms with van der Waals surface area (Å²) in [5.41, 5.74) is 0.587. The molecule has 9 heteroatoms. The number of hydrogen-bond acceptors (Lipinski definition) is 5. The van der Waals surface area contributed by atoms with Crippen molar-refractivity contribution in [2.24, 2.45) is 0 Å². The average molecular weight is 379 g/mol. The molecule has 0 aliphatic heterocycles. The summed E-state index contributed by atoms with van der Waals surface area (Å²) in [6.45, 7) is 0.476. The normalized spacial score (nSPS) is 10.0. The first kappa shape index (κ1) is 19.6. The summed E-state index contributed by atoms with van der Waals surface area (Å²) in [5.74, 6) is -0.869. The molecule has 1 rings (SSSR count). The van der Waals surface area contributed by atoms with Gasteiger partial charge in [0.05, 0.1) is 23.1 Å². The fraction of sp³-hybridized carbons (Fsp3) is 0.357. The van der Waals surface area contributed by atoms with Crippen molar-refractivity contribution < 1.29 is 19.1 Å². The zero-order valence-electron chi connectivity index (χ0n) is 12.4. The maximum Gasteiger partial charge on any atom is 0.306 e. The summed E-state index contributed by atoms with van der Waals surface area (Å²) < 4.78 is 9.58. The van der Waals surface area contributed by atoms with Gasteiger partial charge < -0.3 is 20.1 Å². The molecule has 1 aromatic carbocycles. The molecule has 2 N–H and O–H groups in total. The lowest BCUT2D eigenvalue weighted by Gasteiger charge is -2.10. The van der Waals surface area contributed by atoms with Gasteiger partial charge in [-0.3, -0.25) is 9.59 Å². The highest BCUT2D eigenvalue weighted by Crippen LogP contribution is 2.24. The van der Waals surface area contributed by atoms with Gasteiger partial charge >= 0.3 is 5.97 Å². The summed E-state index contributed by atoms with van der Waals surface area (Å²) >= 11 is 16.7. The number of halogens is 2. The van der Waals surface area contributed by atoms with Gasteiger partial charge in [0.25, 0.3) is 0 Å². The van der Waals surface area contributed by atoms with Crippen LogP contribution in [0.3, 0.4) is 0 Å². The lowest BCUT2D eigenvalue weighted by Crippen LogP contribution is -2.34. The van der Waals surface area contributed by atoms with E-state index in [9.17, 15) is 9.59 Å². The van der Waals surface area contributed by atoms with Gasteiger partial charge in [0.2, 0.25) is 5.91 Å². The second kappa shape index (κ2) is 10.4. The van der Waals surface area contributed by atoms with Crippen LogP contribution in [0.25, 0.3) is 0 Å². The number of ether oxygens (including phenoxy) is 2. The van der Waals surface area contributed by atoms with Gasteiger partial charge in [0.1, 0.15) is 6.61 Å². The van der Waals surface area contributed by atoms with Gasteiger partial charge in [-0.2, -0.15) is 0 Å². The molecular weight excluding hydrogens is 363 g/mol. The maximum atomic E-state index is 11.7. The van der Waals surface area contributed by atoms with Crippen molar-refractivity contribution >= 4 is 58.1 Å². The van der Waals surface area contributed by atoms with Crippen molar-refractivity contribution in [3.05, 3.63) is 28.2 Å². The number of carbonyl (C=O) groups is 2. The quantitative estimate of drug-likeness (QED) is 0.431. The van der Waals surface area contributed by atoms with Crippen LogP contribution in [-0.4, -0.2) is 37.3 Å². The number of hydrogen-bond donors (Lipinski definition) is 2. The second-order valence-electron chi connectivity index (χ2n) is 4.34. The number of benzene rings is 1. The van der Waals surface area contributed by atoms with Crippen LogP contribution in [0.15, 0.2) is 18.2 Å². The molecule has 23 heavy (non-hydrogen) atoms. The largest absolute Gasteiger partial charge is 0.463 e. The SMILES string of the molecule is COCCOC(=O)CCC(=O)NC(=S)Nc1ccc(Cl)c(Cl)c1. The third-order valence-corrected chi connectivity index (χ3v) is 3.48. The van der Waals surface area contributed by atoms with Crippen LogP contribution < -0.4 is 10.6 Å². The number of nitrogens with one attached hydrogen (secondary N) is 2. The van der Waals surface area contributed by atoms with Crippen LogP contribution >= 0.6 is 35.4 Å². The van der Waals surface area contributed by atoms with Crippen LogP contribution in [0, 0.1) is 0 Å². The summed E-state index contributed by atoms with van der Waals surface area (Å²) in [5, 5.41) is 6.13.